The predicted molar refractivity (Wildman–Crippen MR) is 86.4 cm³/mol. The number of hydrogen-bond acceptors (Lipinski definition) is 5. The van der Waals surface area contributed by atoms with Gasteiger partial charge in [-0.2, -0.15) is 0 Å². The standard InChI is InChI=1S/C19H17FO5/c1-19(24-8-9-25-19)10-12-6-7-15-18(23-11-22-15)16(12)17(21)13-4-2-3-5-14(13)20/h2-7H,8-11H2,1H3. The molecule has 0 amide bonds. The highest BCUT2D eigenvalue weighted by Crippen LogP contribution is 2.40. The molecular weight excluding hydrogens is 327 g/mol. The first-order chi connectivity index (χ1) is 12.1. The minimum absolute atomic E-state index is 0.00828. The highest BCUT2D eigenvalue weighted by Gasteiger charge is 2.35. The maximum Gasteiger partial charge on any atom is 0.231 e. The molecule has 1 fully saturated rings. The Balaban J connectivity index is 1.81. The van der Waals surface area contributed by atoms with Gasteiger partial charge in [0, 0.05) is 6.42 Å². The maximum absolute atomic E-state index is 14.1. The molecule has 2 aromatic rings. The third kappa shape index (κ3) is 2.88. The van der Waals surface area contributed by atoms with E-state index in [2.05, 4.69) is 0 Å². The molecular formula is C19H17FO5. The van der Waals surface area contributed by atoms with Crippen molar-refractivity contribution in [1.29, 1.82) is 0 Å². The second-order valence-electron chi connectivity index (χ2n) is 6.15. The summed E-state index contributed by atoms with van der Waals surface area (Å²) >= 11 is 0. The lowest BCUT2D eigenvalue weighted by Crippen LogP contribution is -2.29. The molecule has 0 bridgehead atoms. The average molecular weight is 344 g/mol. The molecule has 2 aromatic carbocycles. The topological polar surface area (TPSA) is 54.0 Å². The van der Waals surface area contributed by atoms with Crippen molar-refractivity contribution in [2.75, 3.05) is 20.0 Å². The van der Waals surface area contributed by atoms with E-state index < -0.39 is 17.4 Å². The number of rotatable bonds is 4. The summed E-state index contributed by atoms with van der Waals surface area (Å²) in [5.74, 6) is -1.03. The van der Waals surface area contributed by atoms with E-state index in [4.69, 9.17) is 18.9 Å². The minimum Gasteiger partial charge on any atom is -0.454 e. The molecule has 0 aromatic heterocycles. The Morgan fingerprint density at radius 3 is 2.64 bits per heavy atom. The summed E-state index contributed by atoms with van der Waals surface area (Å²) in [5.41, 5.74) is 0.952. The Bertz CT molecular complexity index is 827. The molecule has 2 aliphatic rings. The fourth-order valence-electron chi connectivity index (χ4n) is 3.19. The fourth-order valence-corrected chi connectivity index (χ4v) is 3.19. The molecule has 0 spiro atoms. The van der Waals surface area contributed by atoms with Crippen LogP contribution >= 0.6 is 0 Å². The summed E-state index contributed by atoms with van der Waals surface area (Å²) in [6.07, 6.45) is 0.346. The zero-order chi connectivity index (χ0) is 17.4. The van der Waals surface area contributed by atoms with Crippen molar-refractivity contribution >= 4 is 5.78 Å². The van der Waals surface area contributed by atoms with Crippen molar-refractivity contribution in [3.05, 3.63) is 58.9 Å². The zero-order valence-electron chi connectivity index (χ0n) is 13.7. The third-order valence-electron chi connectivity index (χ3n) is 4.38. The number of carbonyl (C=O) groups is 1. The lowest BCUT2D eigenvalue weighted by molar-refractivity contribution is -0.140. The van der Waals surface area contributed by atoms with Crippen molar-refractivity contribution in [2.24, 2.45) is 0 Å². The van der Waals surface area contributed by atoms with Gasteiger partial charge in [-0.25, -0.2) is 4.39 Å². The first kappa shape index (κ1) is 16.1. The molecule has 0 atom stereocenters. The summed E-state index contributed by atoms with van der Waals surface area (Å²) in [5, 5.41) is 0. The quantitative estimate of drug-likeness (QED) is 0.798. The van der Waals surface area contributed by atoms with Crippen LogP contribution in [0.15, 0.2) is 36.4 Å². The molecule has 0 aliphatic carbocycles. The van der Waals surface area contributed by atoms with Crippen LogP contribution in [0.1, 0.15) is 28.4 Å². The van der Waals surface area contributed by atoms with Crippen molar-refractivity contribution in [2.45, 2.75) is 19.1 Å². The van der Waals surface area contributed by atoms with Gasteiger partial charge in [0.25, 0.3) is 0 Å². The van der Waals surface area contributed by atoms with Gasteiger partial charge in [0.15, 0.2) is 23.1 Å². The van der Waals surface area contributed by atoms with Crippen molar-refractivity contribution in [3.8, 4) is 11.5 Å². The Kier molecular flexibility index (Phi) is 3.94. The van der Waals surface area contributed by atoms with E-state index in [9.17, 15) is 9.18 Å². The average Bonchev–Trinajstić information content (AvgIpc) is 3.23. The Morgan fingerprint density at radius 2 is 1.88 bits per heavy atom. The van der Waals surface area contributed by atoms with Crippen molar-refractivity contribution in [3.63, 3.8) is 0 Å². The maximum atomic E-state index is 14.1. The van der Waals surface area contributed by atoms with E-state index >= 15 is 0 Å². The van der Waals surface area contributed by atoms with E-state index in [1.165, 1.54) is 12.1 Å². The van der Waals surface area contributed by atoms with Gasteiger partial charge in [-0.3, -0.25) is 4.79 Å². The fraction of sp³-hybridized carbons (Fsp3) is 0.316. The van der Waals surface area contributed by atoms with Gasteiger partial charge in [-0.15, -0.1) is 0 Å². The summed E-state index contributed by atoms with van der Waals surface area (Å²) in [6, 6.07) is 9.41. The van der Waals surface area contributed by atoms with Crippen LogP contribution in [-0.2, 0) is 15.9 Å². The lowest BCUT2D eigenvalue weighted by Gasteiger charge is -2.24. The highest BCUT2D eigenvalue weighted by atomic mass is 19.1. The SMILES string of the molecule is CC1(Cc2ccc3c(c2C(=O)c2ccccc2F)OCO3)OCCO1. The summed E-state index contributed by atoms with van der Waals surface area (Å²) in [4.78, 5) is 13.1. The third-order valence-corrected chi connectivity index (χ3v) is 4.38. The van der Waals surface area contributed by atoms with Crippen LogP contribution in [0.25, 0.3) is 0 Å². The first-order valence-corrected chi connectivity index (χ1v) is 8.06. The summed E-state index contributed by atoms with van der Waals surface area (Å²) < 4.78 is 36.3. The van der Waals surface area contributed by atoms with Crippen LogP contribution in [0.4, 0.5) is 4.39 Å². The minimum atomic E-state index is -0.821. The van der Waals surface area contributed by atoms with E-state index in [-0.39, 0.29) is 12.4 Å². The van der Waals surface area contributed by atoms with E-state index in [1.807, 2.05) is 6.92 Å². The molecule has 1 saturated heterocycles. The molecule has 0 saturated carbocycles. The molecule has 6 heteroatoms. The predicted octanol–water partition coefficient (Wildman–Crippen LogP) is 3.09. The molecule has 0 unspecified atom stereocenters. The van der Waals surface area contributed by atoms with Gasteiger partial charge in [-0.05, 0) is 30.7 Å². The van der Waals surface area contributed by atoms with Gasteiger partial charge in [0.2, 0.25) is 6.79 Å². The highest BCUT2D eigenvalue weighted by molar-refractivity contribution is 6.12. The number of ether oxygens (including phenoxy) is 4. The Labute approximate surface area is 144 Å². The van der Waals surface area contributed by atoms with Crippen LogP contribution in [0.3, 0.4) is 0 Å². The van der Waals surface area contributed by atoms with Crippen LogP contribution in [0.2, 0.25) is 0 Å². The lowest BCUT2D eigenvalue weighted by atomic mass is 9.93. The van der Waals surface area contributed by atoms with Gasteiger partial charge in [-0.1, -0.05) is 18.2 Å². The van der Waals surface area contributed by atoms with Gasteiger partial charge in [0.1, 0.15) is 5.82 Å². The summed E-state index contributed by atoms with van der Waals surface area (Å²) in [7, 11) is 0. The normalized spacial score (nSPS) is 17.7. The largest absolute Gasteiger partial charge is 0.454 e. The molecule has 25 heavy (non-hydrogen) atoms. The molecule has 5 nitrogen and oxygen atoms in total. The zero-order valence-corrected chi connectivity index (χ0v) is 13.7. The van der Waals surface area contributed by atoms with Gasteiger partial charge >= 0.3 is 0 Å². The Hall–Kier alpha value is -2.44. The number of hydrogen-bond donors (Lipinski definition) is 0. The molecule has 0 radical (unpaired) electrons. The van der Waals surface area contributed by atoms with Gasteiger partial charge < -0.3 is 18.9 Å². The summed E-state index contributed by atoms with van der Waals surface area (Å²) in [6.45, 7) is 2.85. The number of benzene rings is 2. The second-order valence-corrected chi connectivity index (χ2v) is 6.15. The molecule has 2 aliphatic heterocycles. The van der Waals surface area contributed by atoms with Crippen LogP contribution < -0.4 is 9.47 Å². The Morgan fingerprint density at radius 1 is 1.12 bits per heavy atom. The van der Waals surface area contributed by atoms with Crippen LogP contribution in [-0.4, -0.2) is 31.6 Å². The van der Waals surface area contributed by atoms with E-state index in [1.54, 1.807) is 24.3 Å². The monoisotopic (exact) mass is 344 g/mol. The number of carbonyl (C=O) groups excluding carboxylic acids is 1. The van der Waals surface area contributed by atoms with E-state index in [0.717, 1.165) is 0 Å². The molecule has 130 valence electrons. The van der Waals surface area contributed by atoms with Crippen LogP contribution in [0.5, 0.6) is 11.5 Å². The first-order valence-electron chi connectivity index (χ1n) is 8.06. The number of halogens is 1. The molecule has 0 N–H and O–H groups in total. The van der Waals surface area contributed by atoms with E-state index in [0.29, 0.717) is 42.3 Å². The molecule has 2 heterocycles. The van der Waals surface area contributed by atoms with Crippen LogP contribution in [0, 0.1) is 5.82 Å². The number of ketones is 1. The smallest absolute Gasteiger partial charge is 0.231 e. The number of fused-ring (bicyclic) bond motifs is 1. The van der Waals surface area contributed by atoms with Gasteiger partial charge in [0.05, 0.1) is 24.3 Å². The second kappa shape index (κ2) is 6.13. The molecule has 4 rings (SSSR count). The van der Waals surface area contributed by atoms with Crippen molar-refractivity contribution in [1.82, 2.24) is 0 Å². The van der Waals surface area contributed by atoms with Crippen molar-refractivity contribution < 1.29 is 28.1 Å².